The topological polar surface area (TPSA) is 54.4 Å². The van der Waals surface area contributed by atoms with Gasteiger partial charge in [0.25, 0.3) is 10.1 Å². The van der Waals surface area contributed by atoms with Gasteiger partial charge in [-0.05, 0) is 34.9 Å². The van der Waals surface area contributed by atoms with Crippen molar-refractivity contribution in [2.75, 3.05) is 0 Å². The Morgan fingerprint density at radius 2 is 1.83 bits per heavy atom. The first-order valence-corrected chi connectivity index (χ1v) is 7.65. The van der Waals surface area contributed by atoms with E-state index in [1.807, 2.05) is 46.8 Å². The summed E-state index contributed by atoms with van der Waals surface area (Å²) >= 11 is 0. The van der Waals surface area contributed by atoms with Crippen molar-refractivity contribution in [3.8, 4) is 0 Å². The van der Waals surface area contributed by atoms with Crippen LogP contribution in [-0.2, 0) is 15.5 Å². The average molecular weight is 270 g/mol. The summed E-state index contributed by atoms with van der Waals surface area (Å²) in [7, 11) is -4.18. The lowest BCUT2D eigenvalue weighted by Gasteiger charge is -2.26. The normalized spacial score (nSPS) is 13.1. The van der Waals surface area contributed by atoms with Crippen LogP contribution in [0.1, 0.15) is 58.1 Å². The van der Waals surface area contributed by atoms with Gasteiger partial charge in [-0.2, -0.15) is 8.42 Å². The first-order chi connectivity index (χ1) is 8.09. The van der Waals surface area contributed by atoms with E-state index in [1.54, 1.807) is 6.07 Å². The Labute approximate surface area is 110 Å². The molecule has 0 saturated heterocycles. The summed E-state index contributed by atoms with van der Waals surface area (Å²) in [5, 5.41) is 0. The SMILES string of the molecule is CCC(C)(C)c1ccc(C(C)C)cc1S(=O)(=O)O. The van der Waals surface area contributed by atoms with Gasteiger partial charge in [0, 0.05) is 0 Å². The highest BCUT2D eigenvalue weighted by Crippen LogP contribution is 2.33. The Hall–Kier alpha value is -0.870. The van der Waals surface area contributed by atoms with Crippen molar-refractivity contribution in [3.05, 3.63) is 29.3 Å². The predicted octanol–water partition coefficient (Wildman–Crippen LogP) is 3.74. The monoisotopic (exact) mass is 270 g/mol. The van der Waals surface area contributed by atoms with Gasteiger partial charge in [-0.25, -0.2) is 0 Å². The molecule has 4 heteroatoms. The Bertz CT molecular complexity index is 528. The third-order valence-electron chi connectivity index (χ3n) is 3.56. The number of hydrogen-bond acceptors (Lipinski definition) is 2. The van der Waals surface area contributed by atoms with E-state index < -0.39 is 10.1 Å². The zero-order chi connectivity index (χ0) is 14.1. The minimum absolute atomic E-state index is 0.0422. The van der Waals surface area contributed by atoms with Crippen molar-refractivity contribution >= 4 is 10.1 Å². The van der Waals surface area contributed by atoms with Crippen LogP contribution >= 0.6 is 0 Å². The van der Waals surface area contributed by atoms with Crippen molar-refractivity contribution in [2.24, 2.45) is 0 Å². The van der Waals surface area contributed by atoms with Crippen molar-refractivity contribution in [3.63, 3.8) is 0 Å². The van der Waals surface area contributed by atoms with Gasteiger partial charge in [0.1, 0.15) is 0 Å². The maximum atomic E-state index is 11.5. The molecule has 0 unspecified atom stereocenters. The maximum Gasteiger partial charge on any atom is 0.294 e. The highest BCUT2D eigenvalue weighted by atomic mass is 32.2. The molecule has 1 aromatic rings. The van der Waals surface area contributed by atoms with Gasteiger partial charge in [-0.3, -0.25) is 4.55 Å². The summed E-state index contributed by atoms with van der Waals surface area (Å²) in [6.45, 7) is 9.95. The second-order valence-electron chi connectivity index (χ2n) is 5.62. The third kappa shape index (κ3) is 3.12. The van der Waals surface area contributed by atoms with Gasteiger partial charge in [0.2, 0.25) is 0 Å². The zero-order valence-electron chi connectivity index (χ0n) is 11.7. The van der Waals surface area contributed by atoms with Crippen LogP contribution in [-0.4, -0.2) is 13.0 Å². The molecule has 0 atom stereocenters. The molecule has 18 heavy (non-hydrogen) atoms. The van der Waals surface area contributed by atoms with E-state index in [0.717, 1.165) is 12.0 Å². The Morgan fingerprint density at radius 1 is 1.28 bits per heavy atom. The molecule has 0 aliphatic rings. The lowest BCUT2D eigenvalue weighted by molar-refractivity contribution is 0.464. The highest BCUT2D eigenvalue weighted by Gasteiger charge is 2.27. The zero-order valence-corrected chi connectivity index (χ0v) is 12.5. The molecule has 1 aromatic carbocycles. The molecule has 0 aliphatic carbocycles. The van der Waals surface area contributed by atoms with E-state index in [2.05, 4.69) is 0 Å². The minimum atomic E-state index is -4.18. The van der Waals surface area contributed by atoms with Gasteiger partial charge in [-0.1, -0.05) is 46.8 Å². The molecule has 3 nitrogen and oxygen atoms in total. The number of hydrogen-bond donors (Lipinski definition) is 1. The molecule has 0 radical (unpaired) electrons. The van der Waals surface area contributed by atoms with Crippen molar-refractivity contribution in [1.82, 2.24) is 0 Å². The van der Waals surface area contributed by atoms with Gasteiger partial charge < -0.3 is 0 Å². The van der Waals surface area contributed by atoms with Crippen LogP contribution in [0.3, 0.4) is 0 Å². The van der Waals surface area contributed by atoms with Gasteiger partial charge in [0.05, 0.1) is 4.90 Å². The van der Waals surface area contributed by atoms with Crippen molar-refractivity contribution in [1.29, 1.82) is 0 Å². The summed E-state index contributed by atoms with van der Waals surface area (Å²) in [6, 6.07) is 5.35. The van der Waals surface area contributed by atoms with Crippen LogP contribution < -0.4 is 0 Å². The molecule has 0 aliphatic heterocycles. The van der Waals surface area contributed by atoms with Gasteiger partial charge in [-0.15, -0.1) is 0 Å². The van der Waals surface area contributed by atoms with E-state index in [0.29, 0.717) is 5.56 Å². The van der Waals surface area contributed by atoms with Crippen LogP contribution in [0.25, 0.3) is 0 Å². The first kappa shape index (κ1) is 15.2. The van der Waals surface area contributed by atoms with E-state index in [9.17, 15) is 13.0 Å². The van der Waals surface area contributed by atoms with E-state index >= 15 is 0 Å². The van der Waals surface area contributed by atoms with Crippen LogP contribution in [0.2, 0.25) is 0 Å². The molecule has 0 aromatic heterocycles. The molecular weight excluding hydrogens is 248 g/mol. The van der Waals surface area contributed by atoms with Crippen molar-refractivity contribution in [2.45, 2.75) is 57.3 Å². The number of rotatable bonds is 4. The molecule has 102 valence electrons. The molecular formula is C14H22O3S. The minimum Gasteiger partial charge on any atom is -0.282 e. The third-order valence-corrected chi connectivity index (χ3v) is 4.46. The van der Waals surface area contributed by atoms with Gasteiger partial charge in [0.15, 0.2) is 0 Å². The Kier molecular flexibility index (Phi) is 4.23. The summed E-state index contributed by atoms with van der Waals surface area (Å²) < 4.78 is 32.5. The Morgan fingerprint density at radius 3 is 2.22 bits per heavy atom. The molecule has 0 heterocycles. The molecule has 0 saturated carbocycles. The van der Waals surface area contributed by atoms with Crippen LogP contribution in [0.15, 0.2) is 23.1 Å². The molecule has 0 spiro atoms. The van der Waals surface area contributed by atoms with Crippen LogP contribution in [0, 0.1) is 0 Å². The molecule has 1 rings (SSSR count). The summed E-state index contributed by atoms with van der Waals surface area (Å²) in [5.41, 5.74) is 1.32. The van der Waals surface area contributed by atoms with E-state index in [-0.39, 0.29) is 16.2 Å². The largest absolute Gasteiger partial charge is 0.294 e. The van der Waals surface area contributed by atoms with E-state index in [1.165, 1.54) is 0 Å². The second kappa shape index (κ2) is 5.02. The van der Waals surface area contributed by atoms with E-state index in [4.69, 9.17) is 0 Å². The quantitative estimate of drug-likeness (QED) is 0.848. The fourth-order valence-electron chi connectivity index (χ4n) is 1.86. The standard InChI is InChI=1S/C14H22O3S/c1-6-14(4,5)12-8-7-11(10(2)3)9-13(12)18(15,16)17/h7-10H,6H2,1-5H3,(H,15,16,17). The Balaban J connectivity index is 3.55. The lowest BCUT2D eigenvalue weighted by Crippen LogP contribution is -2.20. The number of benzene rings is 1. The smallest absolute Gasteiger partial charge is 0.282 e. The van der Waals surface area contributed by atoms with Crippen LogP contribution in [0.4, 0.5) is 0 Å². The first-order valence-electron chi connectivity index (χ1n) is 6.21. The molecule has 0 fully saturated rings. The molecule has 0 bridgehead atoms. The lowest BCUT2D eigenvalue weighted by atomic mass is 9.81. The summed E-state index contributed by atoms with van der Waals surface area (Å²) in [4.78, 5) is 0.0422. The fraction of sp³-hybridized carbons (Fsp3) is 0.571. The summed E-state index contributed by atoms with van der Waals surface area (Å²) in [5.74, 6) is 0.226. The maximum absolute atomic E-state index is 11.5. The predicted molar refractivity (Wildman–Crippen MR) is 73.7 cm³/mol. The molecule has 1 N–H and O–H groups in total. The van der Waals surface area contributed by atoms with Crippen molar-refractivity contribution < 1.29 is 13.0 Å². The second-order valence-corrected chi connectivity index (χ2v) is 7.01. The van der Waals surface area contributed by atoms with Gasteiger partial charge >= 0.3 is 0 Å². The molecule has 0 amide bonds. The van der Waals surface area contributed by atoms with Crippen LogP contribution in [0.5, 0.6) is 0 Å². The summed E-state index contributed by atoms with van der Waals surface area (Å²) in [6.07, 6.45) is 0.802. The average Bonchev–Trinajstić information content (AvgIpc) is 2.27. The fourth-order valence-corrected chi connectivity index (χ4v) is 2.77. The highest BCUT2D eigenvalue weighted by molar-refractivity contribution is 7.85.